The molecule has 1 aliphatic heterocycles. The van der Waals surface area contributed by atoms with Gasteiger partial charge in [0.15, 0.2) is 9.84 Å². The van der Waals surface area contributed by atoms with E-state index >= 15 is 0 Å². The second kappa shape index (κ2) is 6.70. The van der Waals surface area contributed by atoms with E-state index in [-0.39, 0.29) is 12.4 Å². The van der Waals surface area contributed by atoms with E-state index in [9.17, 15) is 8.42 Å². The summed E-state index contributed by atoms with van der Waals surface area (Å²) >= 11 is 0. The highest BCUT2D eigenvalue weighted by atomic mass is 35.5. The molecule has 1 aliphatic rings. The third kappa shape index (κ3) is 4.45. The van der Waals surface area contributed by atoms with E-state index in [0.29, 0.717) is 10.9 Å². The predicted molar refractivity (Wildman–Crippen MR) is 79.5 cm³/mol. The molecule has 19 heavy (non-hydrogen) atoms. The Bertz CT molecular complexity index is 502. The van der Waals surface area contributed by atoms with Gasteiger partial charge in [0.2, 0.25) is 0 Å². The molecule has 1 N–H and O–H groups in total. The van der Waals surface area contributed by atoms with Gasteiger partial charge < -0.3 is 5.32 Å². The van der Waals surface area contributed by atoms with E-state index in [1.54, 1.807) is 12.1 Å². The van der Waals surface area contributed by atoms with Crippen LogP contribution in [0, 0.1) is 0 Å². The molecule has 0 aliphatic carbocycles. The van der Waals surface area contributed by atoms with Crippen LogP contribution in [-0.4, -0.2) is 45.2 Å². The van der Waals surface area contributed by atoms with E-state index in [2.05, 4.69) is 17.1 Å². The first-order valence-corrected chi connectivity index (χ1v) is 8.10. The van der Waals surface area contributed by atoms with Gasteiger partial charge >= 0.3 is 0 Å². The van der Waals surface area contributed by atoms with Crippen molar-refractivity contribution in [2.45, 2.75) is 24.4 Å². The lowest BCUT2D eigenvalue weighted by molar-refractivity contribution is 0.165. The molecule has 2 rings (SSSR count). The molecular formula is C13H21ClN2O2S. The minimum absolute atomic E-state index is 0. The summed E-state index contributed by atoms with van der Waals surface area (Å²) in [7, 11) is -3.09. The number of rotatable bonds is 3. The van der Waals surface area contributed by atoms with Crippen LogP contribution in [-0.2, 0) is 16.4 Å². The van der Waals surface area contributed by atoms with Crippen molar-refractivity contribution >= 4 is 22.2 Å². The van der Waals surface area contributed by atoms with Crippen LogP contribution in [0.1, 0.15) is 12.5 Å². The standard InChI is InChI=1S/C13H20N2O2S.ClH/c1-11-9-14-7-8-15(11)10-12-3-5-13(6-4-12)18(2,16)17;/h3-6,11,14H,7-10H2,1-2H3;1H/t11-;/m0./s1. The smallest absolute Gasteiger partial charge is 0.175 e. The summed E-state index contributed by atoms with van der Waals surface area (Å²) in [5.74, 6) is 0. The van der Waals surface area contributed by atoms with Crippen LogP contribution >= 0.6 is 12.4 Å². The third-order valence-corrected chi connectivity index (χ3v) is 4.50. The molecule has 1 aromatic carbocycles. The third-order valence-electron chi connectivity index (χ3n) is 3.38. The van der Waals surface area contributed by atoms with E-state index < -0.39 is 9.84 Å². The lowest BCUT2D eigenvalue weighted by Gasteiger charge is -2.33. The molecule has 0 aromatic heterocycles. The molecule has 0 unspecified atom stereocenters. The summed E-state index contributed by atoms with van der Waals surface area (Å²) < 4.78 is 22.7. The first-order valence-electron chi connectivity index (χ1n) is 6.20. The summed E-state index contributed by atoms with van der Waals surface area (Å²) in [5.41, 5.74) is 1.16. The van der Waals surface area contributed by atoms with Crippen molar-refractivity contribution in [1.82, 2.24) is 10.2 Å². The zero-order valence-corrected chi connectivity index (χ0v) is 12.9. The lowest BCUT2D eigenvalue weighted by Crippen LogP contribution is -2.49. The highest BCUT2D eigenvalue weighted by Gasteiger charge is 2.17. The molecule has 4 nitrogen and oxygen atoms in total. The fraction of sp³-hybridized carbons (Fsp3) is 0.538. The predicted octanol–water partition coefficient (Wildman–Crippen LogP) is 1.31. The monoisotopic (exact) mass is 304 g/mol. The maximum Gasteiger partial charge on any atom is 0.175 e. The molecule has 1 saturated heterocycles. The van der Waals surface area contributed by atoms with Crippen molar-refractivity contribution in [2.24, 2.45) is 0 Å². The average Bonchev–Trinajstić information content (AvgIpc) is 2.32. The molecule has 1 heterocycles. The Morgan fingerprint density at radius 1 is 1.32 bits per heavy atom. The zero-order chi connectivity index (χ0) is 13.2. The van der Waals surface area contributed by atoms with Crippen molar-refractivity contribution in [3.63, 3.8) is 0 Å². The Hall–Kier alpha value is -0.620. The minimum Gasteiger partial charge on any atom is -0.314 e. The lowest BCUT2D eigenvalue weighted by atomic mass is 10.1. The van der Waals surface area contributed by atoms with Crippen LogP contribution in [0.15, 0.2) is 29.2 Å². The quantitative estimate of drug-likeness (QED) is 0.915. The summed E-state index contributed by atoms with van der Waals surface area (Å²) in [5, 5.41) is 3.36. The van der Waals surface area contributed by atoms with E-state index in [1.807, 2.05) is 12.1 Å². The van der Waals surface area contributed by atoms with Crippen molar-refractivity contribution in [3.05, 3.63) is 29.8 Å². The van der Waals surface area contributed by atoms with Gasteiger partial charge in [-0.1, -0.05) is 12.1 Å². The van der Waals surface area contributed by atoms with Crippen molar-refractivity contribution in [2.75, 3.05) is 25.9 Å². The molecule has 108 valence electrons. The first-order chi connectivity index (χ1) is 8.47. The van der Waals surface area contributed by atoms with Gasteiger partial charge in [-0.2, -0.15) is 0 Å². The molecular weight excluding hydrogens is 284 g/mol. The van der Waals surface area contributed by atoms with Crippen LogP contribution < -0.4 is 5.32 Å². The number of halogens is 1. The topological polar surface area (TPSA) is 49.4 Å². The van der Waals surface area contributed by atoms with E-state index in [4.69, 9.17) is 0 Å². The first kappa shape index (κ1) is 16.4. The highest BCUT2D eigenvalue weighted by molar-refractivity contribution is 7.90. The fourth-order valence-corrected chi connectivity index (χ4v) is 2.83. The summed E-state index contributed by atoms with van der Waals surface area (Å²) in [4.78, 5) is 2.80. The maximum absolute atomic E-state index is 11.4. The van der Waals surface area contributed by atoms with Gasteiger partial charge in [0.25, 0.3) is 0 Å². The Morgan fingerprint density at radius 3 is 2.47 bits per heavy atom. The molecule has 6 heteroatoms. The number of hydrogen-bond acceptors (Lipinski definition) is 4. The van der Waals surface area contributed by atoms with E-state index in [0.717, 1.165) is 31.7 Å². The van der Waals surface area contributed by atoms with Gasteiger partial charge in [-0.25, -0.2) is 8.42 Å². The van der Waals surface area contributed by atoms with Crippen LogP contribution in [0.2, 0.25) is 0 Å². The normalized spacial score (nSPS) is 20.8. The van der Waals surface area contributed by atoms with Gasteiger partial charge in [-0.3, -0.25) is 4.90 Å². The van der Waals surface area contributed by atoms with E-state index in [1.165, 1.54) is 6.26 Å². The number of hydrogen-bond donors (Lipinski definition) is 1. The Morgan fingerprint density at radius 2 is 1.95 bits per heavy atom. The van der Waals surface area contributed by atoms with Gasteiger partial charge in [-0.05, 0) is 24.6 Å². The Labute approximate surface area is 121 Å². The maximum atomic E-state index is 11.4. The average molecular weight is 305 g/mol. The van der Waals surface area contributed by atoms with Crippen LogP contribution in [0.4, 0.5) is 0 Å². The number of nitrogens with zero attached hydrogens (tertiary/aromatic N) is 1. The summed E-state index contributed by atoms with van der Waals surface area (Å²) in [6.45, 7) is 6.16. The highest BCUT2D eigenvalue weighted by Crippen LogP contribution is 2.14. The molecule has 1 atom stereocenters. The molecule has 0 amide bonds. The molecule has 1 fully saturated rings. The number of nitrogens with one attached hydrogen (secondary N) is 1. The SMILES string of the molecule is C[C@H]1CNCCN1Cc1ccc(S(C)(=O)=O)cc1.Cl. The molecule has 0 bridgehead atoms. The van der Waals surface area contributed by atoms with Gasteiger partial charge in [0.05, 0.1) is 4.90 Å². The summed E-state index contributed by atoms with van der Waals surface area (Å²) in [6, 6.07) is 7.72. The Kier molecular flexibility index (Phi) is 5.80. The van der Waals surface area contributed by atoms with Crippen molar-refractivity contribution < 1.29 is 8.42 Å². The second-order valence-corrected chi connectivity index (χ2v) is 6.96. The number of piperazine rings is 1. The molecule has 0 spiro atoms. The van der Waals surface area contributed by atoms with Gasteiger partial charge in [0.1, 0.15) is 0 Å². The van der Waals surface area contributed by atoms with Crippen molar-refractivity contribution in [1.29, 1.82) is 0 Å². The van der Waals surface area contributed by atoms with Crippen molar-refractivity contribution in [3.8, 4) is 0 Å². The Balaban J connectivity index is 0.00000180. The molecule has 0 radical (unpaired) electrons. The summed E-state index contributed by atoms with van der Waals surface area (Å²) in [6.07, 6.45) is 1.24. The van der Waals surface area contributed by atoms with Crippen LogP contribution in [0.3, 0.4) is 0 Å². The minimum atomic E-state index is -3.09. The largest absolute Gasteiger partial charge is 0.314 e. The zero-order valence-electron chi connectivity index (χ0n) is 11.3. The van der Waals surface area contributed by atoms with Gasteiger partial charge in [0, 0.05) is 38.5 Å². The van der Waals surface area contributed by atoms with Gasteiger partial charge in [-0.15, -0.1) is 12.4 Å². The molecule has 1 aromatic rings. The number of benzene rings is 1. The second-order valence-electron chi connectivity index (χ2n) is 4.94. The van der Waals surface area contributed by atoms with Crippen LogP contribution in [0.5, 0.6) is 0 Å². The van der Waals surface area contributed by atoms with Crippen LogP contribution in [0.25, 0.3) is 0 Å². The molecule has 0 saturated carbocycles. The number of sulfone groups is 1. The fourth-order valence-electron chi connectivity index (χ4n) is 2.19.